The molecule has 0 radical (unpaired) electrons. The van der Waals surface area contributed by atoms with Crippen LogP contribution in [0.25, 0.3) is 0 Å². The second-order valence-corrected chi connectivity index (χ2v) is 5.60. The number of thioether (sulfide) groups is 1. The normalized spacial score (nSPS) is 11.7. The van der Waals surface area contributed by atoms with Gasteiger partial charge in [-0.1, -0.05) is 32.5 Å². The zero-order chi connectivity index (χ0) is 9.90. The molecular weight excluding hydrogens is 182 g/mol. The van der Waals surface area contributed by atoms with Gasteiger partial charge in [-0.25, -0.2) is 0 Å². The van der Waals surface area contributed by atoms with Crippen LogP contribution in [-0.4, -0.2) is 14.9 Å². The molecule has 0 saturated heterocycles. The van der Waals surface area contributed by atoms with E-state index in [4.69, 9.17) is 5.73 Å². The summed E-state index contributed by atoms with van der Waals surface area (Å²) in [5.74, 6) is 0. The van der Waals surface area contributed by atoms with E-state index >= 15 is 0 Å². The maximum Gasteiger partial charge on any atom is 0.124 e. The van der Waals surface area contributed by atoms with Crippen LogP contribution in [0.15, 0.2) is 17.3 Å². The minimum absolute atomic E-state index is 0.153. The van der Waals surface area contributed by atoms with Gasteiger partial charge in [0, 0.05) is 23.1 Å². The number of nitrogens with zero attached hydrogens (tertiary/aromatic N) is 2. The molecule has 0 aliphatic heterocycles. The fraction of sp³-hybridized carbons (Fsp3) is 0.556. The van der Waals surface area contributed by atoms with Crippen molar-refractivity contribution in [2.45, 2.75) is 37.1 Å². The van der Waals surface area contributed by atoms with Gasteiger partial charge in [0.25, 0.3) is 0 Å². The minimum atomic E-state index is 0.153. The van der Waals surface area contributed by atoms with Gasteiger partial charge >= 0.3 is 0 Å². The lowest BCUT2D eigenvalue weighted by atomic mass is 10.3. The van der Waals surface area contributed by atoms with E-state index in [-0.39, 0.29) is 4.75 Å². The standard InChI is InChI=1S/C9H15N3S/c1-9(2,3)13-8-7(6-10)4-5-11-12-8/h4-5H,6,10H2,1-3H3. The first-order valence-corrected chi connectivity index (χ1v) is 5.04. The SMILES string of the molecule is CC(C)(C)Sc1nnccc1CN. The lowest BCUT2D eigenvalue weighted by Crippen LogP contribution is -2.10. The minimum Gasteiger partial charge on any atom is -0.326 e. The number of rotatable bonds is 2. The van der Waals surface area contributed by atoms with Crippen molar-refractivity contribution in [1.82, 2.24) is 10.2 Å². The van der Waals surface area contributed by atoms with Gasteiger partial charge < -0.3 is 5.73 Å². The molecule has 0 aliphatic rings. The first-order valence-electron chi connectivity index (χ1n) is 4.22. The predicted octanol–water partition coefficient (Wildman–Crippen LogP) is 1.83. The largest absolute Gasteiger partial charge is 0.326 e. The summed E-state index contributed by atoms with van der Waals surface area (Å²) in [5.41, 5.74) is 6.65. The van der Waals surface area contributed by atoms with Gasteiger partial charge in [-0.3, -0.25) is 0 Å². The molecule has 0 saturated carbocycles. The second-order valence-electron chi connectivity index (χ2n) is 3.78. The van der Waals surface area contributed by atoms with Crippen LogP contribution < -0.4 is 5.73 Å². The monoisotopic (exact) mass is 197 g/mol. The fourth-order valence-electron chi connectivity index (χ4n) is 0.876. The Kier molecular flexibility index (Phi) is 3.27. The van der Waals surface area contributed by atoms with Crippen molar-refractivity contribution in [3.05, 3.63) is 17.8 Å². The molecule has 1 aromatic heterocycles. The van der Waals surface area contributed by atoms with Crippen LogP contribution in [0.5, 0.6) is 0 Å². The highest BCUT2D eigenvalue weighted by Gasteiger charge is 2.15. The van der Waals surface area contributed by atoms with Crippen LogP contribution >= 0.6 is 11.8 Å². The molecule has 2 N–H and O–H groups in total. The molecule has 3 nitrogen and oxygen atoms in total. The maximum absolute atomic E-state index is 5.59. The van der Waals surface area contributed by atoms with E-state index in [1.165, 1.54) is 0 Å². The summed E-state index contributed by atoms with van der Waals surface area (Å²) in [6, 6.07) is 1.92. The first-order chi connectivity index (χ1) is 6.03. The summed E-state index contributed by atoms with van der Waals surface area (Å²) < 4.78 is 0.153. The topological polar surface area (TPSA) is 51.8 Å². The third-order valence-electron chi connectivity index (χ3n) is 1.39. The van der Waals surface area contributed by atoms with Crippen molar-refractivity contribution in [3.63, 3.8) is 0 Å². The lowest BCUT2D eigenvalue weighted by Gasteiger charge is -2.17. The quantitative estimate of drug-likeness (QED) is 0.735. The van der Waals surface area contributed by atoms with Crippen LogP contribution in [0.2, 0.25) is 0 Å². The molecule has 0 spiro atoms. The van der Waals surface area contributed by atoms with E-state index in [1.54, 1.807) is 18.0 Å². The Hall–Kier alpha value is -0.610. The van der Waals surface area contributed by atoms with Crippen molar-refractivity contribution < 1.29 is 0 Å². The van der Waals surface area contributed by atoms with Gasteiger partial charge in [-0.05, 0) is 6.07 Å². The van der Waals surface area contributed by atoms with Crippen LogP contribution in [0, 0.1) is 0 Å². The van der Waals surface area contributed by atoms with Gasteiger partial charge in [0.1, 0.15) is 5.03 Å². The second kappa shape index (κ2) is 4.07. The molecule has 0 unspecified atom stereocenters. The first kappa shape index (κ1) is 10.5. The van der Waals surface area contributed by atoms with E-state index in [2.05, 4.69) is 31.0 Å². The summed E-state index contributed by atoms with van der Waals surface area (Å²) in [7, 11) is 0. The zero-order valence-electron chi connectivity index (χ0n) is 8.24. The molecule has 1 rings (SSSR count). The third kappa shape index (κ3) is 3.32. The van der Waals surface area contributed by atoms with Gasteiger partial charge in [0.05, 0.1) is 0 Å². The van der Waals surface area contributed by atoms with E-state index in [1.807, 2.05) is 6.07 Å². The highest BCUT2D eigenvalue weighted by molar-refractivity contribution is 8.00. The number of hydrogen-bond donors (Lipinski definition) is 1. The summed E-state index contributed by atoms with van der Waals surface area (Å²) in [6.45, 7) is 6.96. The smallest absolute Gasteiger partial charge is 0.124 e. The van der Waals surface area contributed by atoms with Crippen LogP contribution in [-0.2, 0) is 6.54 Å². The van der Waals surface area contributed by atoms with E-state index in [0.717, 1.165) is 10.6 Å². The van der Waals surface area contributed by atoms with E-state index in [9.17, 15) is 0 Å². The summed E-state index contributed by atoms with van der Waals surface area (Å²) in [5, 5.41) is 8.86. The van der Waals surface area contributed by atoms with Gasteiger partial charge in [-0.2, -0.15) is 5.10 Å². The van der Waals surface area contributed by atoms with Gasteiger partial charge in [0.15, 0.2) is 0 Å². The average Bonchev–Trinajstić information content (AvgIpc) is 2.02. The van der Waals surface area contributed by atoms with Crippen molar-refractivity contribution in [1.29, 1.82) is 0 Å². The molecule has 72 valence electrons. The Morgan fingerprint density at radius 2 is 2.15 bits per heavy atom. The number of nitrogens with two attached hydrogens (primary N) is 1. The molecule has 0 bridgehead atoms. The summed E-state index contributed by atoms with van der Waals surface area (Å²) in [6.07, 6.45) is 1.68. The van der Waals surface area contributed by atoms with Crippen LogP contribution in [0.3, 0.4) is 0 Å². The Morgan fingerprint density at radius 1 is 1.46 bits per heavy atom. The number of aromatic nitrogens is 2. The highest BCUT2D eigenvalue weighted by Crippen LogP contribution is 2.31. The van der Waals surface area contributed by atoms with Crippen LogP contribution in [0.1, 0.15) is 26.3 Å². The van der Waals surface area contributed by atoms with Gasteiger partial charge in [-0.15, -0.1) is 5.10 Å². The summed E-state index contributed by atoms with van der Waals surface area (Å²) >= 11 is 1.70. The highest BCUT2D eigenvalue weighted by atomic mass is 32.2. The average molecular weight is 197 g/mol. The Balaban J connectivity index is 2.87. The molecule has 0 aromatic carbocycles. The number of hydrogen-bond acceptors (Lipinski definition) is 4. The molecule has 0 aliphatic carbocycles. The van der Waals surface area contributed by atoms with Gasteiger partial charge in [0.2, 0.25) is 0 Å². The van der Waals surface area contributed by atoms with Crippen molar-refractivity contribution in [2.75, 3.05) is 0 Å². The maximum atomic E-state index is 5.59. The Bertz CT molecular complexity index is 280. The summed E-state index contributed by atoms with van der Waals surface area (Å²) in [4.78, 5) is 0. The molecular formula is C9H15N3S. The molecule has 0 amide bonds. The predicted molar refractivity (Wildman–Crippen MR) is 55.5 cm³/mol. The lowest BCUT2D eigenvalue weighted by molar-refractivity contribution is 0.786. The third-order valence-corrected chi connectivity index (χ3v) is 2.54. The van der Waals surface area contributed by atoms with Crippen molar-refractivity contribution in [3.8, 4) is 0 Å². The van der Waals surface area contributed by atoms with Crippen molar-refractivity contribution >= 4 is 11.8 Å². The zero-order valence-corrected chi connectivity index (χ0v) is 9.06. The van der Waals surface area contributed by atoms with Crippen LogP contribution in [0.4, 0.5) is 0 Å². The van der Waals surface area contributed by atoms with E-state index in [0.29, 0.717) is 6.54 Å². The Morgan fingerprint density at radius 3 is 2.69 bits per heavy atom. The Labute approximate surface area is 83.1 Å². The fourth-order valence-corrected chi connectivity index (χ4v) is 1.83. The molecule has 1 heterocycles. The molecule has 0 fully saturated rings. The molecule has 1 aromatic rings. The molecule has 13 heavy (non-hydrogen) atoms. The van der Waals surface area contributed by atoms with Crippen molar-refractivity contribution in [2.24, 2.45) is 5.73 Å². The van der Waals surface area contributed by atoms with E-state index < -0.39 is 0 Å². The molecule has 4 heteroatoms. The molecule has 0 atom stereocenters.